The van der Waals surface area contributed by atoms with Crippen molar-refractivity contribution in [1.29, 1.82) is 0 Å². The summed E-state index contributed by atoms with van der Waals surface area (Å²) in [5.74, 6) is 0.106. The minimum Gasteiger partial charge on any atom is -0.295 e. The molecular formula is C9H14O. The predicted octanol–water partition coefficient (Wildman–Crippen LogP) is 2.51. The van der Waals surface area contributed by atoms with Gasteiger partial charge in [0.2, 0.25) is 0 Å². The van der Waals surface area contributed by atoms with Gasteiger partial charge in [-0.3, -0.25) is 4.79 Å². The van der Waals surface area contributed by atoms with Crippen LogP contribution in [0.4, 0.5) is 0 Å². The van der Waals surface area contributed by atoms with E-state index in [4.69, 9.17) is 0 Å². The molecular weight excluding hydrogens is 124 g/mol. The molecule has 0 saturated carbocycles. The van der Waals surface area contributed by atoms with Crippen LogP contribution in [0.1, 0.15) is 13.3 Å². The normalized spacial score (nSPS) is 6.50. The first-order valence-corrected chi connectivity index (χ1v) is 3.11. The van der Waals surface area contributed by atoms with Gasteiger partial charge in [0.15, 0.2) is 5.78 Å². The molecule has 1 heteroatoms. The van der Waals surface area contributed by atoms with Crippen LogP contribution in [0.15, 0.2) is 38.0 Å². The van der Waals surface area contributed by atoms with Crippen molar-refractivity contribution in [3.63, 3.8) is 0 Å². The third kappa shape index (κ3) is 15.8. The zero-order chi connectivity index (χ0) is 8.41. The van der Waals surface area contributed by atoms with Crippen molar-refractivity contribution in [2.24, 2.45) is 0 Å². The van der Waals surface area contributed by atoms with Gasteiger partial charge in [-0.05, 0) is 6.08 Å². The highest BCUT2D eigenvalue weighted by atomic mass is 16.1. The third-order valence-electron chi connectivity index (χ3n) is 0.743. The molecule has 0 aliphatic rings. The van der Waals surface area contributed by atoms with E-state index in [1.165, 1.54) is 6.08 Å². The van der Waals surface area contributed by atoms with E-state index in [0.717, 1.165) is 0 Å². The number of carbonyl (C=O) groups excluding carboxylic acids is 1. The first-order chi connectivity index (χ1) is 4.72. The Morgan fingerprint density at radius 1 is 1.30 bits per heavy atom. The van der Waals surface area contributed by atoms with Crippen LogP contribution < -0.4 is 0 Å². The van der Waals surface area contributed by atoms with Crippen LogP contribution in [0.5, 0.6) is 0 Å². The summed E-state index contributed by atoms with van der Waals surface area (Å²) in [7, 11) is 0. The molecule has 0 rings (SSSR count). The quantitative estimate of drug-likeness (QED) is 0.432. The van der Waals surface area contributed by atoms with E-state index < -0.39 is 0 Å². The Balaban J connectivity index is 0. The van der Waals surface area contributed by atoms with Crippen molar-refractivity contribution < 1.29 is 4.79 Å². The van der Waals surface area contributed by atoms with E-state index in [0.29, 0.717) is 6.42 Å². The van der Waals surface area contributed by atoms with Gasteiger partial charge >= 0.3 is 0 Å². The van der Waals surface area contributed by atoms with Crippen LogP contribution >= 0.6 is 0 Å². The summed E-state index contributed by atoms with van der Waals surface area (Å²) in [6, 6.07) is 0. The minimum absolute atomic E-state index is 0.106. The number of hydrogen-bond donors (Lipinski definition) is 0. The fourth-order valence-electron chi connectivity index (χ4n) is 0.144. The van der Waals surface area contributed by atoms with Gasteiger partial charge in [0.25, 0.3) is 0 Å². The van der Waals surface area contributed by atoms with Gasteiger partial charge in [-0.1, -0.05) is 38.8 Å². The Labute approximate surface area is 62.8 Å². The van der Waals surface area contributed by atoms with Gasteiger partial charge in [-0.2, -0.15) is 0 Å². The molecule has 1 nitrogen and oxygen atoms in total. The second-order valence-electron chi connectivity index (χ2n) is 1.50. The molecule has 0 radical (unpaired) electrons. The Morgan fingerprint density at radius 3 is 1.70 bits per heavy atom. The fourth-order valence-corrected chi connectivity index (χ4v) is 0.144. The lowest BCUT2D eigenvalue weighted by molar-refractivity contribution is -0.114. The molecule has 0 aromatic heterocycles. The van der Waals surface area contributed by atoms with Crippen molar-refractivity contribution in [3.8, 4) is 0 Å². The van der Waals surface area contributed by atoms with Gasteiger partial charge in [-0.15, -0.1) is 0 Å². The number of allylic oxidation sites excluding steroid dienone is 3. The molecule has 0 spiro atoms. The van der Waals surface area contributed by atoms with E-state index >= 15 is 0 Å². The summed E-state index contributed by atoms with van der Waals surface area (Å²) in [5.41, 5.74) is 0. The zero-order valence-electron chi connectivity index (χ0n) is 6.47. The van der Waals surface area contributed by atoms with Gasteiger partial charge in [0, 0.05) is 6.42 Å². The highest BCUT2D eigenvalue weighted by Gasteiger charge is 1.81. The van der Waals surface area contributed by atoms with E-state index in [-0.39, 0.29) is 5.78 Å². The van der Waals surface area contributed by atoms with Crippen molar-refractivity contribution in [1.82, 2.24) is 0 Å². The number of ketones is 1. The number of carbonyl (C=O) groups is 1. The molecule has 0 heterocycles. The predicted molar refractivity (Wildman–Crippen MR) is 45.9 cm³/mol. The van der Waals surface area contributed by atoms with Gasteiger partial charge < -0.3 is 0 Å². The molecule has 0 N–H and O–H groups in total. The molecule has 0 atom stereocenters. The van der Waals surface area contributed by atoms with Crippen LogP contribution in [0, 0.1) is 0 Å². The lowest BCUT2D eigenvalue weighted by Crippen LogP contribution is -1.83. The van der Waals surface area contributed by atoms with Gasteiger partial charge in [0.05, 0.1) is 0 Å². The highest BCUT2D eigenvalue weighted by molar-refractivity contribution is 5.88. The summed E-state index contributed by atoms with van der Waals surface area (Å²) in [5, 5.41) is 0. The molecule has 56 valence electrons. The molecule has 0 aromatic carbocycles. The van der Waals surface area contributed by atoms with Crippen LogP contribution in [0.2, 0.25) is 0 Å². The van der Waals surface area contributed by atoms with Crippen molar-refractivity contribution >= 4 is 5.78 Å². The molecule has 0 aromatic rings. The van der Waals surface area contributed by atoms with E-state index in [9.17, 15) is 4.79 Å². The maximum absolute atomic E-state index is 10.1. The first kappa shape index (κ1) is 11.7. The van der Waals surface area contributed by atoms with Crippen molar-refractivity contribution in [3.05, 3.63) is 38.0 Å². The average Bonchev–Trinajstić information content (AvgIpc) is 2.03. The molecule has 10 heavy (non-hydrogen) atoms. The molecule has 0 aliphatic carbocycles. The fraction of sp³-hybridized carbons (Fsp3) is 0.222. The van der Waals surface area contributed by atoms with E-state index in [1.807, 2.05) is 6.92 Å². The summed E-state index contributed by atoms with van der Waals surface area (Å²) >= 11 is 0. The minimum atomic E-state index is 0.106. The van der Waals surface area contributed by atoms with Gasteiger partial charge in [-0.25, -0.2) is 0 Å². The topological polar surface area (TPSA) is 17.1 Å². The second kappa shape index (κ2) is 10.8. The van der Waals surface area contributed by atoms with Crippen LogP contribution in [-0.4, -0.2) is 5.78 Å². The van der Waals surface area contributed by atoms with Crippen LogP contribution in [0.3, 0.4) is 0 Å². The Bertz CT molecular complexity index is 117. The van der Waals surface area contributed by atoms with Crippen molar-refractivity contribution in [2.75, 3.05) is 0 Å². The lowest BCUT2D eigenvalue weighted by atomic mass is 10.3. The Kier molecular flexibility index (Phi) is 12.6. The lowest BCUT2D eigenvalue weighted by Gasteiger charge is -1.75. The summed E-state index contributed by atoms with van der Waals surface area (Å²) in [4.78, 5) is 10.1. The smallest absolute Gasteiger partial charge is 0.154 e. The summed E-state index contributed by atoms with van der Waals surface area (Å²) in [6.45, 7) is 11.8. The number of rotatable bonds is 3. The largest absolute Gasteiger partial charge is 0.295 e. The standard InChI is InChI=1S/C5H8O.C4H6/c1-3-5(6)4-2;1-3-4-2/h3H,1,4H2,2H3;3-4H,1-2H2. The monoisotopic (exact) mass is 138 g/mol. The third-order valence-corrected chi connectivity index (χ3v) is 0.743. The molecule has 0 amide bonds. The van der Waals surface area contributed by atoms with E-state index in [1.54, 1.807) is 12.2 Å². The Morgan fingerprint density at radius 2 is 1.70 bits per heavy atom. The number of hydrogen-bond acceptors (Lipinski definition) is 1. The zero-order valence-corrected chi connectivity index (χ0v) is 6.47. The SMILES string of the molecule is C=CC(=O)CC.C=CC=C. The molecule has 0 saturated heterocycles. The molecule has 0 aliphatic heterocycles. The van der Waals surface area contributed by atoms with Crippen molar-refractivity contribution in [2.45, 2.75) is 13.3 Å². The Hall–Kier alpha value is -1.11. The van der Waals surface area contributed by atoms with Gasteiger partial charge in [0.1, 0.15) is 0 Å². The molecule has 0 bridgehead atoms. The first-order valence-electron chi connectivity index (χ1n) is 3.11. The highest BCUT2D eigenvalue weighted by Crippen LogP contribution is 1.76. The molecule has 0 unspecified atom stereocenters. The average molecular weight is 138 g/mol. The second-order valence-corrected chi connectivity index (χ2v) is 1.50. The maximum Gasteiger partial charge on any atom is 0.154 e. The summed E-state index contributed by atoms with van der Waals surface area (Å²) in [6.07, 6.45) is 5.18. The summed E-state index contributed by atoms with van der Waals surface area (Å²) < 4.78 is 0. The maximum atomic E-state index is 10.1. The van der Waals surface area contributed by atoms with Crippen LogP contribution in [0.25, 0.3) is 0 Å². The molecule has 0 fully saturated rings. The van der Waals surface area contributed by atoms with E-state index in [2.05, 4.69) is 19.7 Å². The van der Waals surface area contributed by atoms with Crippen LogP contribution in [-0.2, 0) is 4.79 Å².